The second-order valence-corrected chi connectivity index (χ2v) is 7.85. The Morgan fingerprint density at radius 3 is 1.96 bits per heavy atom. The number of hydrogen-bond donors (Lipinski definition) is 2. The molecule has 1 rings (SSSR count). The van der Waals surface area contributed by atoms with Crippen molar-refractivity contribution in [1.82, 2.24) is 5.32 Å². The molecular formula is C25H44N2. The first kappa shape index (κ1) is 23.9. The molecule has 1 unspecified atom stereocenters. The van der Waals surface area contributed by atoms with Gasteiger partial charge in [0.15, 0.2) is 0 Å². The molecule has 27 heavy (non-hydrogen) atoms. The molecule has 0 spiro atoms. The van der Waals surface area contributed by atoms with E-state index in [2.05, 4.69) is 54.7 Å². The van der Waals surface area contributed by atoms with E-state index >= 15 is 0 Å². The minimum absolute atomic E-state index is 0.120. The van der Waals surface area contributed by atoms with Crippen molar-refractivity contribution in [1.29, 1.82) is 0 Å². The summed E-state index contributed by atoms with van der Waals surface area (Å²) < 4.78 is 0. The minimum Gasteiger partial charge on any atom is -0.316 e. The standard InChI is InChI=1S/C25H44N2/c1-2-3-4-5-6-7-8-9-10-11-12-13-14-15-19-22-25(26)27-23-24-20-17-16-18-21-24/h9-10,16-18,20-21,25,27H,2-8,11-15,19,22-23,26H2,1H3/b10-9-. The Bertz CT molecular complexity index is 441. The van der Waals surface area contributed by atoms with Crippen molar-refractivity contribution in [2.24, 2.45) is 5.73 Å². The third kappa shape index (κ3) is 15.6. The van der Waals surface area contributed by atoms with Crippen LogP contribution in [0.25, 0.3) is 0 Å². The molecule has 0 bridgehead atoms. The minimum atomic E-state index is 0.120. The molecule has 0 radical (unpaired) electrons. The summed E-state index contributed by atoms with van der Waals surface area (Å²) in [6, 6.07) is 10.5. The lowest BCUT2D eigenvalue weighted by molar-refractivity contribution is 0.463. The second kappa shape index (κ2) is 18.3. The Balaban J connectivity index is 1.81. The lowest BCUT2D eigenvalue weighted by atomic mass is 10.1. The van der Waals surface area contributed by atoms with Gasteiger partial charge in [0, 0.05) is 6.54 Å². The topological polar surface area (TPSA) is 38.0 Å². The van der Waals surface area contributed by atoms with Crippen LogP contribution < -0.4 is 11.1 Å². The van der Waals surface area contributed by atoms with E-state index in [1.54, 1.807) is 0 Å². The highest BCUT2D eigenvalue weighted by Gasteiger charge is 2.01. The van der Waals surface area contributed by atoms with Crippen LogP contribution in [0.15, 0.2) is 42.5 Å². The summed E-state index contributed by atoms with van der Waals surface area (Å²) in [6.45, 7) is 3.15. The summed E-state index contributed by atoms with van der Waals surface area (Å²) >= 11 is 0. The summed E-state index contributed by atoms with van der Waals surface area (Å²) in [5, 5.41) is 3.42. The maximum Gasteiger partial charge on any atom is 0.0548 e. The van der Waals surface area contributed by atoms with Gasteiger partial charge in [0.05, 0.1) is 6.17 Å². The predicted octanol–water partition coefficient (Wildman–Crippen LogP) is 7.10. The monoisotopic (exact) mass is 372 g/mol. The van der Waals surface area contributed by atoms with E-state index in [0.717, 1.165) is 13.0 Å². The fraction of sp³-hybridized carbons (Fsp3) is 0.680. The molecule has 0 amide bonds. The lowest BCUT2D eigenvalue weighted by Crippen LogP contribution is -2.36. The molecule has 0 saturated carbocycles. The Labute approximate surface area is 169 Å². The van der Waals surface area contributed by atoms with Gasteiger partial charge >= 0.3 is 0 Å². The van der Waals surface area contributed by atoms with Gasteiger partial charge in [-0.25, -0.2) is 0 Å². The SMILES string of the molecule is CCCCCCCC/C=C\CCCCCCCC(N)NCc1ccccc1. The smallest absolute Gasteiger partial charge is 0.0548 e. The first-order chi connectivity index (χ1) is 13.3. The Hall–Kier alpha value is -1.12. The maximum atomic E-state index is 6.16. The average molecular weight is 373 g/mol. The third-order valence-electron chi connectivity index (χ3n) is 5.19. The summed E-state index contributed by atoms with van der Waals surface area (Å²) in [6.07, 6.45) is 23.5. The van der Waals surface area contributed by atoms with E-state index < -0.39 is 0 Å². The predicted molar refractivity (Wildman–Crippen MR) is 121 cm³/mol. The zero-order valence-electron chi connectivity index (χ0n) is 17.8. The van der Waals surface area contributed by atoms with E-state index in [0.29, 0.717) is 0 Å². The van der Waals surface area contributed by atoms with Crippen LogP contribution in [0.2, 0.25) is 0 Å². The summed E-state index contributed by atoms with van der Waals surface area (Å²) in [7, 11) is 0. The molecule has 0 aliphatic heterocycles. The zero-order chi connectivity index (χ0) is 19.4. The Morgan fingerprint density at radius 1 is 0.778 bits per heavy atom. The summed E-state index contributed by atoms with van der Waals surface area (Å²) in [5.74, 6) is 0. The van der Waals surface area contributed by atoms with Gasteiger partial charge in [-0.05, 0) is 37.7 Å². The van der Waals surface area contributed by atoms with Gasteiger partial charge in [-0.3, -0.25) is 5.32 Å². The first-order valence-electron chi connectivity index (χ1n) is 11.5. The molecule has 1 aromatic rings. The number of rotatable bonds is 18. The molecular weight excluding hydrogens is 328 g/mol. The highest BCUT2D eigenvalue weighted by atomic mass is 15.0. The van der Waals surface area contributed by atoms with E-state index in [1.807, 2.05) is 0 Å². The number of unbranched alkanes of at least 4 members (excludes halogenated alkanes) is 11. The van der Waals surface area contributed by atoms with Crippen molar-refractivity contribution in [2.45, 2.75) is 110 Å². The van der Waals surface area contributed by atoms with Crippen LogP contribution >= 0.6 is 0 Å². The Morgan fingerprint density at radius 2 is 1.33 bits per heavy atom. The quantitative estimate of drug-likeness (QED) is 0.164. The second-order valence-electron chi connectivity index (χ2n) is 7.85. The van der Waals surface area contributed by atoms with Crippen molar-refractivity contribution < 1.29 is 0 Å². The molecule has 1 aromatic carbocycles. The van der Waals surface area contributed by atoms with Gasteiger partial charge in [0.2, 0.25) is 0 Å². The van der Waals surface area contributed by atoms with Crippen molar-refractivity contribution in [2.75, 3.05) is 0 Å². The first-order valence-corrected chi connectivity index (χ1v) is 11.5. The van der Waals surface area contributed by atoms with Gasteiger partial charge < -0.3 is 5.73 Å². The molecule has 3 N–H and O–H groups in total. The number of hydrogen-bond acceptors (Lipinski definition) is 2. The molecule has 154 valence electrons. The highest BCUT2D eigenvalue weighted by molar-refractivity contribution is 5.14. The van der Waals surface area contributed by atoms with Crippen LogP contribution in [0.3, 0.4) is 0 Å². The molecule has 2 heteroatoms. The van der Waals surface area contributed by atoms with Crippen LogP contribution in [0.4, 0.5) is 0 Å². The molecule has 0 aliphatic carbocycles. The van der Waals surface area contributed by atoms with Crippen molar-refractivity contribution in [3.05, 3.63) is 48.0 Å². The normalized spacial score (nSPS) is 12.7. The van der Waals surface area contributed by atoms with Crippen molar-refractivity contribution >= 4 is 0 Å². The van der Waals surface area contributed by atoms with Gasteiger partial charge in [-0.2, -0.15) is 0 Å². The number of nitrogens with one attached hydrogen (secondary N) is 1. The van der Waals surface area contributed by atoms with Crippen molar-refractivity contribution in [3.8, 4) is 0 Å². The average Bonchev–Trinajstić information content (AvgIpc) is 2.70. The molecule has 0 fully saturated rings. The number of allylic oxidation sites excluding steroid dienone is 2. The highest BCUT2D eigenvalue weighted by Crippen LogP contribution is 2.10. The van der Waals surface area contributed by atoms with Gasteiger partial charge in [0.1, 0.15) is 0 Å². The molecule has 0 heterocycles. The van der Waals surface area contributed by atoms with E-state index in [9.17, 15) is 0 Å². The summed E-state index contributed by atoms with van der Waals surface area (Å²) in [5.41, 5.74) is 7.46. The molecule has 1 atom stereocenters. The zero-order valence-corrected chi connectivity index (χ0v) is 17.8. The number of benzene rings is 1. The molecule has 2 nitrogen and oxygen atoms in total. The lowest BCUT2D eigenvalue weighted by Gasteiger charge is -2.13. The van der Waals surface area contributed by atoms with Crippen LogP contribution in [-0.2, 0) is 6.54 Å². The van der Waals surface area contributed by atoms with Crippen molar-refractivity contribution in [3.63, 3.8) is 0 Å². The fourth-order valence-corrected chi connectivity index (χ4v) is 3.38. The van der Waals surface area contributed by atoms with Gasteiger partial charge in [0.25, 0.3) is 0 Å². The van der Waals surface area contributed by atoms with Gasteiger partial charge in [-0.1, -0.05) is 107 Å². The summed E-state index contributed by atoms with van der Waals surface area (Å²) in [4.78, 5) is 0. The Kier molecular flexibility index (Phi) is 16.2. The largest absolute Gasteiger partial charge is 0.316 e. The molecule has 0 aromatic heterocycles. The number of nitrogens with two attached hydrogens (primary N) is 1. The van der Waals surface area contributed by atoms with E-state index in [4.69, 9.17) is 5.73 Å². The van der Waals surface area contributed by atoms with Crippen LogP contribution in [-0.4, -0.2) is 6.17 Å². The fourth-order valence-electron chi connectivity index (χ4n) is 3.38. The van der Waals surface area contributed by atoms with Gasteiger partial charge in [-0.15, -0.1) is 0 Å². The van der Waals surface area contributed by atoms with Crippen LogP contribution in [0.1, 0.15) is 102 Å². The molecule has 0 aliphatic rings. The van der Waals surface area contributed by atoms with Crippen LogP contribution in [0, 0.1) is 0 Å². The molecule has 0 saturated heterocycles. The van der Waals surface area contributed by atoms with E-state index in [-0.39, 0.29) is 6.17 Å². The third-order valence-corrected chi connectivity index (χ3v) is 5.19. The maximum absolute atomic E-state index is 6.16. The van der Waals surface area contributed by atoms with E-state index in [1.165, 1.54) is 89.0 Å². The van der Waals surface area contributed by atoms with Crippen LogP contribution in [0.5, 0.6) is 0 Å².